The third-order valence-electron chi connectivity index (χ3n) is 4.43. The van der Waals surface area contributed by atoms with Crippen LogP contribution >= 0.6 is 11.3 Å². The average Bonchev–Trinajstić information content (AvgIpc) is 3.26. The molecule has 4 aromatic rings. The number of ether oxygens (including phenoxy) is 2. The fraction of sp³-hybridized carbons (Fsp3) is 0.154. The van der Waals surface area contributed by atoms with Crippen molar-refractivity contribution in [1.29, 1.82) is 0 Å². The average molecular weight is 458 g/mol. The zero-order valence-corrected chi connectivity index (χ0v) is 19.1. The van der Waals surface area contributed by atoms with Crippen LogP contribution in [0.15, 0.2) is 73.1 Å². The molecule has 7 heteroatoms. The van der Waals surface area contributed by atoms with Crippen molar-refractivity contribution in [2.75, 3.05) is 5.73 Å². The minimum atomic E-state index is -1.05. The number of hydrogen-bond donors (Lipinski definition) is 2. The molecule has 6 nitrogen and oxygen atoms in total. The molecule has 2 aromatic heterocycles. The largest absolute Gasteiger partial charge is 0.485 e. The monoisotopic (exact) mass is 457 g/mol. The molecule has 0 aliphatic carbocycles. The van der Waals surface area contributed by atoms with Crippen LogP contribution in [0.2, 0.25) is 0 Å². The van der Waals surface area contributed by atoms with Gasteiger partial charge in [-0.1, -0.05) is 53.5 Å². The van der Waals surface area contributed by atoms with Crippen LogP contribution in [0.4, 0.5) is 5.82 Å². The first kappa shape index (κ1) is 22.3. The lowest BCUT2D eigenvalue weighted by molar-refractivity contribution is 0.143. The number of aliphatic hydroxyl groups is 1. The van der Waals surface area contributed by atoms with E-state index in [0.29, 0.717) is 23.4 Å². The van der Waals surface area contributed by atoms with Gasteiger partial charge in [0, 0.05) is 23.5 Å². The van der Waals surface area contributed by atoms with Gasteiger partial charge in [0.15, 0.2) is 11.6 Å². The molecule has 0 saturated heterocycles. The predicted molar refractivity (Wildman–Crippen MR) is 130 cm³/mol. The van der Waals surface area contributed by atoms with Crippen molar-refractivity contribution in [3.05, 3.63) is 84.2 Å². The summed E-state index contributed by atoms with van der Waals surface area (Å²) in [4.78, 5) is 9.51. The number of hydrogen-bond acceptors (Lipinski definition) is 7. The van der Waals surface area contributed by atoms with E-state index in [9.17, 15) is 5.11 Å². The van der Waals surface area contributed by atoms with E-state index in [1.54, 1.807) is 26.2 Å². The summed E-state index contributed by atoms with van der Waals surface area (Å²) in [6, 6.07) is 19.0. The van der Waals surface area contributed by atoms with E-state index in [4.69, 9.17) is 15.2 Å². The maximum absolute atomic E-state index is 9.80. The Morgan fingerprint density at radius 1 is 1.03 bits per heavy atom. The smallest absolute Gasteiger partial charge is 0.279 e. The Labute approximate surface area is 196 Å². The highest BCUT2D eigenvalue weighted by Gasteiger charge is 2.11. The molecule has 166 valence electrons. The van der Waals surface area contributed by atoms with Crippen LogP contribution in [0.1, 0.15) is 25.0 Å². The van der Waals surface area contributed by atoms with Crippen molar-refractivity contribution in [3.63, 3.8) is 0 Å². The summed E-state index contributed by atoms with van der Waals surface area (Å²) in [6.45, 7) is 3.60. The van der Waals surface area contributed by atoms with Gasteiger partial charge in [-0.05, 0) is 49.7 Å². The number of rotatable bonds is 6. The highest BCUT2D eigenvalue weighted by molar-refractivity contribution is 7.16. The second-order valence-corrected chi connectivity index (χ2v) is 8.80. The number of benzene rings is 2. The third kappa shape index (κ3) is 6.32. The van der Waals surface area contributed by atoms with Crippen LogP contribution in [-0.4, -0.2) is 20.7 Å². The van der Waals surface area contributed by atoms with Crippen LogP contribution in [-0.2, 0) is 6.61 Å². The lowest BCUT2D eigenvalue weighted by Crippen LogP contribution is -2.14. The standard InChI is InChI=1S/C26H23N3O3S/c1-26(2,30)12-11-18-7-6-8-19(13-18)17-31-22-14-20(15-28-24(22)27)23-16-29-25(33-23)32-21-9-4-3-5-10-21/h3-10,13-16,30H,17H2,1-2H3,(H2,27,28). The lowest BCUT2D eigenvalue weighted by Gasteiger charge is -2.10. The summed E-state index contributed by atoms with van der Waals surface area (Å²) in [6.07, 6.45) is 3.43. The minimum Gasteiger partial charge on any atom is -0.485 e. The van der Waals surface area contributed by atoms with Crippen LogP contribution in [0.3, 0.4) is 0 Å². The molecule has 0 fully saturated rings. The van der Waals surface area contributed by atoms with Gasteiger partial charge >= 0.3 is 0 Å². The summed E-state index contributed by atoms with van der Waals surface area (Å²) < 4.78 is 11.8. The van der Waals surface area contributed by atoms with Gasteiger partial charge < -0.3 is 20.3 Å². The minimum absolute atomic E-state index is 0.304. The van der Waals surface area contributed by atoms with Gasteiger partial charge in [0.2, 0.25) is 0 Å². The number of anilines is 1. The Balaban J connectivity index is 1.47. The molecular weight excluding hydrogens is 434 g/mol. The maximum atomic E-state index is 9.80. The number of thiazole rings is 1. The molecule has 3 N–H and O–H groups in total. The van der Waals surface area contributed by atoms with Crippen molar-refractivity contribution in [1.82, 2.24) is 9.97 Å². The van der Waals surface area contributed by atoms with E-state index >= 15 is 0 Å². The fourth-order valence-corrected chi connectivity index (χ4v) is 3.62. The second-order valence-electron chi connectivity index (χ2n) is 7.81. The number of nitrogens with two attached hydrogens (primary N) is 1. The van der Waals surface area contributed by atoms with Crippen molar-refractivity contribution in [2.45, 2.75) is 26.1 Å². The zero-order valence-electron chi connectivity index (χ0n) is 18.3. The lowest BCUT2D eigenvalue weighted by atomic mass is 10.1. The third-order valence-corrected chi connectivity index (χ3v) is 5.36. The number of nitrogens with zero attached hydrogens (tertiary/aromatic N) is 2. The molecule has 2 heterocycles. The fourth-order valence-electron chi connectivity index (χ4n) is 2.86. The van der Waals surface area contributed by atoms with Crippen LogP contribution < -0.4 is 15.2 Å². The van der Waals surface area contributed by atoms with Gasteiger partial charge in [-0.25, -0.2) is 9.97 Å². The predicted octanol–water partition coefficient (Wildman–Crippen LogP) is 5.28. The molecular formula is C26H23N3O3S. The van der Waals surface area contributed by atoms with E-state index < -0.39 is 5.60 Å². The molecule has 2 aromatic carbocycles. The highest BCUT2D eigenvalue weighted by Crippen LogP contribution is 2.35. The Hall–Kier alpha value is -3.86. The Bertz CT molecular complexity index is 1300. The Kier molecular flexibility index (Phi) is 6.59. The van der Waals surface area contributed by atoms with E-state index in [0.717, 1.165) is 27.3 Å². The number of para-hydroxylation sites is 1. The Morgan fingerprint density at radius 2 is 1.85 bits per heavy atom. The molecule has 0 unspecified atom stereocenters. The highest BCUT2D eigenvalue weighted by atomic mass is 32.1. The molecule has 0 radical (unpaired) electrons. The van der Waals surface area contributed by atoms with E-state index in [-0.39, 0.29) is 0 Å². The first-order valence-corrected chi connectivity index (χ1v) is 11.1. The van der Waals surface area contributed by atoms with Gasteiger partial charge in [0.25, 0.3) is 5.19 Å². The second kappa shape index (κ2) is 9.74. The van der Waals surface area contributed by atoms with E-state index in [1.165, 1.54) is 11.3 Å². The molecule has 0 aliphatic heterocycles. The molecule has 0 atom stereocenters. The molecule has 4 rings (SSSR count). The van der Waals surface area contributed by atoms with Gasteiger partial charge in [0.1, 0.15) is 18.0 Å². The van der Waals surface area contributed by atoms with Crippen LogP contribution in [0.5, 0.6) is 16.7 Å². The molecule has 0 bridgehead atoms. The maximum Gasteiger partial charge on any atom is 0.279 e. The van der Waals surface area contributed by atoms with Gasteiger partial charge in [0.05, 0.1) is 4.88 Å². The SMILES string of the molecule is CC(C)(O)C#Cc1cccc(COc2cc(-c3cnc(Oc4ccccc4)s3)cnc2N)c1. The van der Waals surface area contributed by atoms with Crippen molar-refractivity contribution in [2.24, 2.45) is 0 Å². The topological polar surface area (TPSA) is 90.5 Å². The van der Waals surface area contributed by atoms with E-state index in [1.807, 2.05) is 60.7 Å². The summed E-state index contributed by atoms with van der Waals surface area (Å²) in [5, 5.41) is 10.3. The summed E-state index contributed by atoms with van der Waals surface area (Å²) in [7, 11) is 0. The van der Waals surface area contributed by atoms with Crippen LogP contribution in [0.25, 0.3) is 10.4 Å². The molecule has 0 spiro atoms. The quantitative estimate of drug-likeness (QED) is 0.383. The molecule has 33 heavy (non-hydrogen) atoms. The summed E-state index contributed by atoms with van der Waals surface area (Å²) >= 11 is 1.41. The van der Waals surface area contributed by atoms with Gasteiger partial charge in [-0.15, -0.1) is 0 Å². The first-order chi connectivity index (χ1) is 15.9. The molecule has 0 amide bonds. The van der Waals surface area contributed by atoms with Crippen LogP contribution in [0, 0.1) is 11.8 Å². The summed E-state index contributed by atoms with van der Waals surface area (Å²) in [5.74, 6) is 7.31. The summed E-state index contributed by atoms with van der Waals surface area (Å²) in [5.41, 5.74) is 7.56. The van der Waals surface area contributed by atoms with Crippen molar-refractivity contribution < 1.29 is 14.6 Å². The van der Waals surface area contributed by atoms with Gasteiger partial charge in [-0.2, -0.15) is 0 Å². The molecule has 0 aliphatic rings. The normalized spacial score (nSPS) is 10.9. The number of nitrogen functional groups attached to an aromatic ring is 1. The Morgan fingerprint density at radius 3 is 2.64 bits per heavy atom. The first-order valence-electron chi connectivity index (χ1n) is 10.3. The van der Waals surface area contributed by atoms with Crippen molar-refractivity contribution in [3.8, 4) is 39.0 Å². The van der Waals surface area contributed by atoms with Gasteiger partial charge in [-0.3, -0.25) is 0 Å². The number of pyridine rings is 1. The van der Waals surface area contributed by atoms with Crippen molar-refractivity contribution >= 4 is 17.2 Å². The number of aromatic nitrogens is 2. The van der Waals surface area contributed by atoms with E-state index in [2.05, 4.69) is 21.8 Å². The zero-order chi connectivity index (χ0) is 23.3. The molecule has 0 saturated carbocycles.